The molecule has 0 unspecified atom stereocenters. The summed E-state index contributed by atoms with van der Waals surface area (Å²) < 4.78 is 32.4. The van der Waals surface area contributed by atoms with Gasteiger partial charge in [0.1, 0.15) is 10.6 Å². The standard InChI is InChI=1S/C14H17ClN4O3S/c1-22-13-3-2-11(15)10-14(13)23(20,21)18-8-4-12(5-9-18)19-16-6-7-17-19/h2-3,6-7,10,12H,4-5,8-9H2,1H3. The lowest BCUT2D eigenvalue weighted by Crippen LogP contribution is -2.39. The Hall–Kier alpha value is -1.64. The van der Waals surface area contributed by atoms with Crippen LogP contribution in [0.15, 0.2) is 35.5 Å². The second-order valence-corrected chi connectivity index (χ2v) is 7.62. The molecule has 0 aliphatic carbocycles. The number of nitrogens with zero attached hydrogens (tertiary/aromatic N) is 4. The van der Waals surface area contributed by atoms with Crippen molar-refractivity contribution in [2.75, 3.05) is 20.2 Å². The summed E-state index contributed by atoms with van der Waals surface area (Å²) >= 11 is 5.95. The minimum absolute atomic E-state index is 0.100. The summed E-state index contributed by atoms with van der Waals surface area (Å²) in [7, 11) is -2.20. The molecular formula is C14H17ClN4O3S. The van der Waals surface area contributed by atoms with Gasteiger partial charge < -0.3 is 4.74 Å². The highest BCUT2D eigenvalue weighted by atomic mass is 35.5. The van der Waals surface area contributed by atoms with Gasteiger partial charge in [-0.15, -0.1) is 0 Å². The molecule has 1 aromatic heterocycles. The molecule has 2 aromatic rings. The fourth-order valence-electron chi connectivity index (χ4n) is 2.72. The number of piperidine rings is 1. The zero-order chi connectivity index (χ0) is 16.4. The van der Waals surface area contributed by atoms with E-state index in [1.807, 2.05) is 0 Å². The Morgan fingerprint density at radius 1 is 1.22 bits per heavy atom. The molecule has 3 rings (SSSR count). The van der Waals surface area contributed by atoms with Crippen LogP contribution < -0.4 is 4.74 Å². The number of aromatic nitrogens is 3. The minimum Gasteiger partial charge on any atom is -0.495 e. The Bertz CT molecular complexity index is 771. The fourth-order valence-corrected chi connectivity index (χ4v) is 4.61. The number of benzene rings is 1. The first kappa shape index (κ1) is 16.2. The molecule has 0 amide bonds. The number of hydrogen-bond donors (Lipinski definition) is 0. The summed E-state index contributed by atoms with van der Waals surface area (Å²) in [6.45, 7) is 0.814. The molecule has 7 nitrogen and oxygen atoms in total. The van der Waals surface area contributed by atoms with Crippen molar-refractivity contribution < 1.29 is 13.2 Å². The van der Waals surface area contributed by atoms with Gasteiger partial charge in [0.05, 0.1) is 25.5 Å². The molecule has 0 atom stereocenters. The predicted molar refractivity (Wildman–Crippen MR) is 85.1 cm³/mol. The zero-order valence-corrected chi connectivity index (χ0v) is 14.2. The smallest absolute Gasteiger partial charge is 0.246 e. The van der Waals surface area contributed by atoms with Gasteiger partial charge in [-0.3, -0.25) is 0 Å². The molecule has 1 fully saturated rings. The SMILES string of the molecule is COc1ccc(Cl)cc1S(=O)(=O)N1CCC(n2nccn2)CC1. The first-order chi connectivity index (χ1) is 11.0. The maximum absolute atomic E-state index is 12.9. The number of hydrogen-bond acceptors (Lipinski definition) is 5. The van der Waals surface area contributed by atoms with Gasteiger partial charge in [0, 0.05) is 18.1 Å². The molecule has 1 saturated heterocycles. The Morgan fingerprint density at radius 2 is 1.87 bits per heavy atom. The highest BCUT2D eigenvalue weighted by Crippen LogP contribution is 2.32. The van der Waals surface area contributed by atoms with E-state index in [-0.39, 0.29) is 10.9 Å². The van der Waals surface area contributed by atoms with E-state index in [4.69, 9.17) is 16.3 Å². The van der Waals surface area contributed by atoms with Gasteiger partial charge in [-0.25, -0.2) is 8.42 Å². The topological polar surface area (TPSA) is 77.3 Å². The van der Waals surface area contributed by atoms with Crippen LogP contribution in [0.4, 0.5) is 0 Å². The van der Waals surface area contributed by atoms with Crippen LogP contribution in [0.25, 0.3) is 0 Å². The molecule has 0 saturated carbocycles. The third kappa shape index (κ3) is 3.19. The van der Waals surface area contributed by atoms with Gasteiger partial charge in [-0.1, -0.05) is 11.6 Å². The van der Waals surface area contributed by atoms with Gasteiger partial charge in [-0.2, -0.15) is 19.3 Å². The van der Waals surface area contributed by atoms with Crippen LogP contribution >= 0.6 is 11.6 Å². The van der Waals surface area contributed by atoms with Crippen molar-refractivity contribution in [2.45, 2.75) is 23.8 Å². The normalized spacial score (nSPS) is 17.3. The lowest BCUT2D eigenvalue weighted by atomic mass is 10.1. The number of rotatable bonds is 4. The molecule has 23 heavy (non-hydrogen) atoms. The van der Waals surface area contributed by atoms with E-state index in [1.54, 1.807) is 29.3 Å². The molecular weight excluding hydrogens is 340 g/mol. The Labute approximate surface area is 139 Å². The first-order valence-electron chi connectivity index (χ1n) is 7.22. The molecule has 0 spiro atoms. The monoisotopic (exact) mass is 356 g/mol. The number of sulfonamides is 1. The third-order valence-electron chi connectivity index (χ3n) is 3.93. The second-order valence-electron chi connectivity index (χ2n) is 5.28. The maximum atomic E-state index is 12.9. The van der Waals surface area contributed by atoms with E-state index in [9.17, 15) is 8.42 Å². The van der Waals surface area contributed by atoms with Crippen molar-refractivity contribution in [2.24, 2.45) is 0 Å². The average molecular weight is 357 g/mol. The van der Waals surface area contributed by atoms with Crippen molar-refractivity contribution in [3.8, 4) is 5.75 Å². The minimum atomic E-state index is -3.65. The molecule has 1 aliphatic rings. The summed E-state index contributed by atoms with van der Waals surface area (Å²) in [6.07, 6.45) is 4.58. The van der Waals surface area contributed by atoms with Gasteiger partial charge in [0.15, 0.2) is 0 Å². The van der Waals surface area contributed by atoms with Crippen LogP contribution in [0.1, 0.15) is 18.9 Å². The van der Waals surface area contributed by atoms with E-state index >= 15 is 0 Å². The van der Waals surface area contributed by atoms with Crippen LogP contribution in [0.5, 0.6) is 5.75 Å². The van der Waals surface area contributed by atoms with E-state index in [0.717, 1.165) is 0 Å². The van der Waals surface area contributed by atoms with Crippen molar-refractivity contribution in [3.63, 3.8) is 0 Å². The van der Waals surface area contributed by atoms with Crippen LogP contribution in [0, 0.1) is 0 Å². The van der Waals surface area contributed by atoms with Crippen molar-refractivity contribution >= 4 is 21.6 Å². The van der Waals surface area contributed by atoms with Gasteiger partial charge >= 0.3 is 0 Å². The van der Waals surface area contributed by atoms with Crippen molar-refractivity contribution in [3.05, 3.63) is 35.6 Å². The molecule has 9 heteroatoms. The van der Waals surface area contributed by atoms with Crippen LogP contribution in [0.3, 0.4) is 0 Å². The highest BCUT2D eigenvalue weighted by Gasteiger charge is 2.32. The zero-order valence-electron chi connectivity index (χ0n) is 12.6. The Balaban J connectivity index is 1.81. The van der Waals surface area contributed by atoms with E-state index < -0.39 is 10.0 Å². The first-order valence-corrected chi connectivity index (χ1v) is 9.03. The van der Waals surface area contributed by atoms with Crippen LogP contribution in [-0.2, 0) is 10.0 Å². The summed E-state index contributed by atoms with van der Waals surface area (Å²) in [5.41, 5.74) is 0. The quantitative estimate of drug-likeness (QED) is 0.837. The molecule has 0 bridgehead atoms. The molecule has 1 aliphatic heterocycles. The number of halogens is 1. The van der Waals surface area contributed by atoms with Crippen LogP contribution in [-0.4, -0.2) is 47.9 Å². The lowest BCUT2D eigenvalue weighted by molar-refractivity contribution is 0.244. The van der Waals surface area contributed by atoms with E-state index in [0.29, 0.717) is 36.7 Å². The molecule has 0 N–H and O–H groups in total. The van der Waals surface area contributed by atoms with E-state index in [2.05, 4.69) is 10.2 Å². The van der Waals surface area contributed by atoms with Gasteiger partial charge in [0.25, 0.3) is 0 Å². The average Bonchev–Trinajstić information content (AvgIpc) is 3.09. The highest BCUT2D eigenvalue weighted by molar-refractivity contribution is 7.89. The second kappa shape index (κ2) is 6.46. The van der Waals surface area contributed by atoms with E-state index in [1.165, 1.54) is 17.5 Å². The molecule has 0 radical (unpaired) electrons. The van der Waals surface area contributed by atoms with Crippen molar-refractivity contribution in [1.82, 2.24) is 19.3 Å². The fraction of sp³-hybridized carbons (Fsp3) is 0.429. The number of methoxy groups -OCH3 is 1. The molecule has 1 aromatic carbocycles. The van der Waals surface area contributed by atoms with Crippen molar-refractivity contribution in [1.29, 1.82) is 0 Å². The lowest BCUT2D eigenvalue weighted by Gasteiger charge is -2.31. The van der Waals surface area contributed by atoms with Gasteiger partial charge in [-0.05, 0) is 31.0 Å². The maximum Gasteiger partial charge on any atom is 0.246 e. The summed E-state index contributed by atoms with van der Waals surface area (Å²) in [5, 5.41) is 8.61. The summed E-state index contributed by atoms with van der Waals surface area (Å²) in [6, 6.07) is 4.72. The Morgan fingerprint density at radius 3 is 2.48 bits per heavy atom. The Kier molecular flexibility index (Phi) is 4.56. The van der Waals surface area contributed by atoms with Crippen LogP contribution in [0.2, 0.25) is 5.02 Å². The molecule has 2 heterocycles. The molecule has 124 valence electrons. The largest absolute Gasteiger partial charge is 0.495 e. The van der Waals surface area contributed by atoms with Gasteiger partial charge in [0.2, 0.25) is 10.0 Å². The third-order valence-corrected chi connectivity index (χ3v) is 6.09. The number of ether oxygens (including phenoxy) is 1. The summed E-state index contributed by atoms with van der Waals surface area (Å²) in [4.78, 5) is 1.74. The summed E-state index contributed by atoms with van der Waals surface area (Å²) in [5.74, 6) is 0.297. The predicted octanol–water partition coefficient (Wildman–Crippen LogP) is 1.97.